The summed E-state index contributed by atoms with van der Waals surface area (Å²) in [7, 11) is -0.890. The number of rotatable bonds is 12. The number of carbonyl (C=O) groups is 1. The summed E-state index contributed by atoms with van der Waals surface area (Å²) in [5.41, 5.74) is 6.98. The van der Waals surface area contributed by atoms with E-state index in [0.29, 0.717) is 17.9 Å². The van der Waals surface area contributed by atoms with Gasteiger partial charge in [-0.05, 0) is 48.2 Å². The fourth-order valence-corrected chi connectivity index (χ4v) is 4.74. The standard InChI is InChI=1S/C22H28N2O5S/c1-4-5-6-21(22(23)25)30(26,27)24(15-17-7-11-19(28-2)12-8-17)16-18-9-13-20(29-3)14-10-18/h4,7-14,21H,1,5-6,15-16H2,2-3H3,(H2,23,25)/t21-/m1/s1. The van der Waals surface area contributed by atoms with Gasteiger partial charge in [-0.2, -0.15) is 4.31 Å². The molecule has 0 unspecified atom stereocenters. The Kier molecular flexibility index (Phi) is 8.44. The molecule has 30 heavy (non-hydrogen) atoms. The molecule has 1 amide bonds. The van der Waals surface area contributed by atoms with E-state index in [2.05, 4.69) is 6.58 Å². The second-order valence-electron chi connectivity index (χ2n) is 6.77. The highest BCUT2D eigenvalue weighted by molar-refractivity contribution is 7.90. The Morgan fingerprint density at radius 2 is 1.43 bits per heavy atom. The van der Waals surface area contributed by atoms with Crippen LogP contribution < -0.4 is 15.2 Å². The van der Waals surface area contributed by atoms with E-state index >= 15 is 0 Å². The van der Waals surface area contributed by atoms with Crippen LogP contribution in [0.25, 0.3) is 0 Å². The number of ether oxygens (including phenoxy) is 2. The number of carbonyl (C=O) groups excluding carboxylic acids is 1. The number of sulfonamides is 1. The lowest BCUT2D eigenvalue weighted by molar-refractivity contribution is -0.117. The van der Waals surface area contributed by atoms with E-state index in [1.54, 1.807) is 68.8 Å². The number of allylic oxidation sites excluding steroid dienone is 1. The lowest BCUT2D eigenvalue weighted by Crippen LogP contribution is -2.44. The van der Waals surface area contributed by atoms with Crippen molar-refractivity contribution in [3.8, 4) is 11.5 Å². The average Bonchev–Trinajstić information content (AvgIpc) is 2.74. The normalized spacial score (nSPS) is 12.4. The minimum atomic E-state index is -4.01. The molecule has 0 aliphatic carbocycles. The minimum absolute atomic E-state index is 0.0862. The van der Waals surface area contributed by atoms with E-state index in [1.807, 2.05) is 0 Å². The molecule has 0 spiro atoms. The highest BCUT2D eigenvalue weighted by atomic mass is 32.2. The predicted octanol–water partition coefficient (Wildman–Crippen LogP) is 2.86. The summed E-state index contributed by atoms with van der Waals surface area (Å²) in [5.74, 6) is 0.472. The van der Waals surface area contributed by atoms with E-state index in [4.69, 9.17) is 15.2 Å². The summed E-state index contributed by atoms with van der Waals surface area (Å²) in [4.78, 5) is 12.0. The third kappa shape index (κ3) is 6.08. The largest absolute Gasteiger partial charge is 0.497 e. The topological polar surface area (TPSA) is 98.9 Å². The molecule has 0 aromatic heterocycles. The first kappa shape index (κ1) is 23.4. The summed E-state index contributed by atoms with van der Waals surface area (Å²) >= 11 is 0. The Balaban J connectivity index is 2.38. The van der Waals surface area contributed by atoms with E-state index < -0.39 is 21.2 Å². The fraction of sp³-hybridized carbons (Fsp3) is 0.318. The monoisotopic (exact) mass is 432 g/mol. The molecule has 0 heterocycles. The zero-order valence-electron chi connectivity index (χ0n) is 17.3. The lowest BCUT2D eigenvalue weighted by atomic mass is 10.2. The van der Waals surface area contributed by atoms with Crippen molar-refractivity contribution in [3.05, 3.63) is 72.3 Å². The number of hydrogen-bond acceptors (Lipinski definition) is 5. The molecule has 2 N–H and O–H groups in total. The Labute approximate surface area is 178 Å². The van der Waals surface area contributed by atoms with Crippen molar-refractivity contribution in [3.63, 3.8) is 0 Å². The Morgan fingerprint density at radius 3 is 1.77 bits per heavy atom. The zero-order chi connectivity index (χ0) is 22.1. The fourth-order valence-electron chi connectivity index (χ4n) is 2.99. The van der Waals surface area contributed by atoms with Crippen LogP contribution >= 0.6 is 0 Å². The zero-order valence-corrected chi connectivity index (χ0v) is 18.1. The first-order chi connectivity index (χ1) is 14.3. The molecule has 0 aliphatic rings. The Hall–Kier alpha value is -2.84. The molecule has 8 heteroatoms. The van der Waals surface area contributed by atoms with Gasteiger partial charge in [0.1, 0.15) is 11.5 Å². The van der Waals surface area contributed by atoms with Crippen molar-refractivity contribution in [2.24, 2.45) is 5.73 Å². The minimum Gasteiger partial charge on any atom is -0.497 e. The van der Waals surface area contributed by atoms with Crippen LogP contribution in [0.15, 0.2) is 61.2 Å². The summed E-state index contributed by atoms with van der Waals surface area (Å²) in [5, 5.41) is -1.33. The number of methoxy groups -OCH3 is 2. The van der Waals surface area contributed by atoms with Crippen LogP contribution in [0.2, 0.25) is 0 Å². The molecule has 162 valence electrons. The summed E-state index contributed by atoms with van der Waals surface area (Å²) < 4.78 is 38.4. The van der Waals surface area contributed by atoms with Crippen molar-refractivity contribution in [2.45, 2.75) is 31.2 Å². The van der Waals surface area contributed by atoms with Gasteiger partial charge < -0.3 is 15.2 Å². The molecular weight excluding hydrogens is 404 g/mol. The third-order valence-corrected chi connectivity index (χ3v) is 6.87. The Morgan fingerprint density at radius 1 is 1.00 bits per heavy atom. The molecule has 2 rings (SSSR count). The summed E-state index contributed by atoms with van der Waals surface area (Å²) in [6.45, 7) is 3.79. The number of amides is 1. The van der Waals surface area contributed by atoms with Crippen LogP contribution in [-0.4, -0.2) is 38.1 Å². The number of nitrogens with zero attached hydrogens (tertiary/aromatic N) is 1. The van der Waals surface area contributed by atoms with Crippen LogP contribution in [0.3, 0.4) is 0 Å². The van der Waals surface area contributed by atoms with E-state index in [-0.39, 0.29) is 19.5 Å². The molecule has 1 atom stereocenters. The highest BCUT2D eigenvalue weighted by Gasteiger charge is 2.35. The van der Waals surface area contributed by atoms with Crippen LogP contribution in [-0.2, 0) is 27.9 Å². The molecule has 7 nitrogen and oxygen atoms in total. The van der Waals surface area contributed by atoms with Crippen molar-refractivity contribution in [1.82, 2.24) is 4.31 Å². The molecule has 0 bridgehead atoms. The number of nitrogens with two attached hydrogens (primary N) is 1. The summed E-state index contributed by atoms with van der Waals surface area (Å²) in [6.07, 6.45) is 2.03. The van der Waals surface area contributed by atoms with E-state index in [1.165, 1.54) is 4.31 Å². The van der Waals surface area contributed by atoms with Crippen molar-refractivity contribution in [2.75, 3.05) is 14.2 Å². The highest BCUT2D eigenvalue weighted by Crippen LogP contribution is 2.23. The maximum absolute atomic E-state index is 13.4. The first-order valence-electron chi connectivity index (χ1n) is 9.46. The maximum Gasteiger partial charge on any atom is 0.237 e. The molecule has 2 aromatic carbocycles. The van der Waals surface area contributed by atoms with Gasteiger partial charge in [-0.3, -0.25) is 4.79 Å². The molecule has 0 aliphatic heterocycles. The van der Waals surface area contributed by atoms with Gasteiger partial charge in [0.25, 0.3) is 0 Å². The van der Waals surface area contributed by atoms with Gasteiger partial charge in [-0.1, -0.05) is 30.3 Å². The molecule has 0 fully saturated rings. The van der Waals surface area contributed by atoms with Crippen LogP contribution in [0, 0.1) is 0 Å². The number of hydrogen-bond donors (Lipinski definition) is 1. The van der Waals surface area contributed by atoms with Gasteiger partial charge in [0, 0.05) is 13.1 Å². The van der Waals surface area contributed by atoms with E-state index in [9.17, 15) is 13.2 Å². The molecule has 0 saturated heterocycles. The van der Waals surface area contributed by atoms with Crippen molar-refractivity contribution >= 4 is 15.9 Å². The smallest absolute Gasteiger partial charge is 0.237 e. The molecular formula is C22H28N2O5S. The van der Waals surface area contributed by atoms with Crippen LogP contribution in [0.4, 0.5) is 0 Å². The second kappa shape index (κ2) is 10.8. The van der Waals surface area contributed by atoms with Gasteiger partial charge >= 0.3 is 0 Å². The van der Waals surface area contributed by atoms with Crippen LogP contribution in [0.5, 0.6) is 11.5 Å². The maximum atomic E-state index is 13.4. The lowest BCUT2D eigenvalue weighted by Gasteiger charge is -2.26. The summed E-state index contributed by atoms with van der Waals surface area (Å²) in [6, 6.07) is 14.2. The average molecular weight is 433 g/mol. The SMILES string of the molecule is C=CCC[C@H](C(N)=O)S(=O)(=O)N(Cc1ccc(OC)cc1)Cc1ccc(OC)cc1. The molecule has 0 saturated carbocycles. The Bertz CT molecular complexity index is 891. The van der Waals surface area contributed by atoms with Gasteiger partial charge in [0.2, 0.25) is 15.9 Å². The van der Waals surface area contributed by atoms with E-state index in [0.717, 1.165) is 11.1 Å². The van der Waals surface area contributed by atoms with Gasteiger partial charge in [-0.15, -0.1) is 6.58 Å². The van der Waals surface area contributed by atoms with Gasteiger partial charge in [0.05, 0.1) is 14.2 Å². The predicted molar refractivity (Wildman–Crippen MR) is 117 cm³/mol. The number of primary amides is 1. The van der Waals surface area contributed by atoms with Crippen molar-refractivity contribution < 1.29 is 22.7 Å². The quantitative estimate of drug-likeness (QED) is 0.520. The molecule has 0 radical (unpaired) electrons. The second-order valence-corrected chi connectivity index (χ2v) is 8.88. The van der Waals surface area contributed by atoms with Gasteiger partial charge in [0.15, 0.2) is 5.25 Å². The third-order valence-electron chi connectivity index (χ3n) is 4.71. The van der Waals surface area contributed by atoms with Crippen molar-refractivity contribution in [1.29, 1.82) is 0 Å². The number of benzene rings is 2. The first-order valence-corrected chi connectivity index (χ1v) is 11.0. The van der Waals surface area contributed by atoms with Gasteiger partial charge in [-0.25, -0.2) is 8.42 Å². The van der Waals surface area contributed by atoms with Crippen LogP contribution in [0.1, 0.15) is 24.0 Å². The molecule has 2 aromatic rings.